The first-order valence-electron chi connectivity index (χ1n) is 13.4. The first-order valence-corrected chi connectivity index (χ1v) is 13.4. The number of carboxylic acid groups (broad SMARTS) is 2. The highest BCUT2D eigenvalue weighted by atomic mass is 16.4. The lowest BCUT2D eigenvalue weighted by Crippen LogP contribution is -1.99. The molecule has 0 aliphatic heterocycles. The summed E-state index contributed by atoms with van der Waals surface area (Å²) >= 11 is 0. The SMILES string of the molecule is Cc1n[nH]c(C)c1Cc1c(C)n[nH]c1C.Cc1n[nH]c(C)c1Cc1c(C)n[nH]c1C.O=C(O)c1ccc(C(=O)O)cc1. The minimum absolute atomic E-state index is 0.0833. The van der Waals surface area contributed by atoms with Crippen LogP contribution in [0.1, 0.15) is 88.5 Å². The number of nitrogens with one attached hydrogen (secondary N) is 4. The van der Waals surface area contributed by atoms with Gasteiger partial charge in [0.25, 0.3) is 0 Å². The molecule has 4 aromatic heterocycles. The van der Waals surface area contributed by atoms with Crippen LogP contribution in [0.15, 0.2) is 24.3 Å². The largest absolute Gasteiger partial charge is 0.478 e. The lowest BCUT2D eigenvalue weighted by Gasteiger charge is -2.01. The number of nitrogens with zero attached hydrogens (tertiary/aromatic N) is 4. The topological polar surface area (TPSA) is 189 Å². The average molecular weight is 575 g/mol. The zero-order valence-electron chi connectivity index (χ0n) is 25.2. The second-order valence-electron chi connectivity index (χ2n) is 10.2. The van der Waals surface area contributed by atoms with Gasteiger partial charge in [0.05, 0.1) is 33.9 Å². The first kappa shape index (κ1) is 31.5. The summed E-state index contributed by atoms with van der Waals surface area (Å²) in [7, 11) is 0. The second-order valence-corrected chi connectivity index (χ2v) is 10.2. The van der Waals surface area contributed by atoms with Crippen molar-refractivity contribution in [2.45, 2.75) is 68.2 Å². The molecule has 0 saturated carbocycles. The summed E-state index contributed by atoms with van der Waals surface area (Å²) in [6.45, 7) is 16.3. The van der Waals surface area contributed by atoms with Crippen LogP contribution in [0.25, 0.3) is 0 Å². The van der Waals surface area contributed by atoms with Gasteiger partial charge in [-0.25, -0.2) is 9.59 Å². The van der Waals surface area contributed by atoms with Crippen molar-refractivity contribution in [3.8, 4) is 0 Å². The van der Waals surface area contributed by atoms with Gasteiger partial charge in [0.1, 0.15) is 0 Å². The monoisotopic (exact) mass is 574 g/mol. The Bertz CT molecular complexity index is 1380. The number of benzene rings is 1. The predicted octanol–water partition coefficient (Wildman–Crippen LogP) is 5.00. The molecule has 0 bridgehead atoms. The van der Waals surface area contributed by atoms with E-state index in [1.807, 2.05) is 27.7 Å². The normalized spacial score (nSPS) is 10.5. The van der Waals surface area contributed by atoms with Gasteiger partial charge in [-0.05, 0) is 79.7 Å². The molecule has 5 rings (SSSR count). The molecule has 0 atom stereocenters. The molecule has 222 valence electrons. The van der Waals surface area contributed by atoms with E-state index in [2.05, 4.69) is 68.5 Å². The van der Waals surface area contributed by atoms with E-state index in [1.165, 1.54) is 46.5 Å². The van der Waals surface area contributed by atoms with E-state index in [9.17, 15) is 9.59 Å². The molecule has 0 fully saturated rings. The first-order chi connectivity index (χ1) is 19.8. The van der Waals surface area contributed by atoms with E-state index in [1.54, 1.807) is 0 Å². The number of aromatic amines is 4. The number of rotatable bonds is 6. The van der Waals surface area contributed by atoms with Crippen LogP contribution in [0, 0.1) is 55.4 Å². The Morgan fingerprint density at radius 2 is 0.714 bits per heavy atom. The van der Waals surface area contributed by atoms with E-state index in [0.29, 0.717) is 0 Å². The molecule has 0 radical (unpaired) electrons. The van der Waals surface area contributed by atoms with Crippen molar-refractivity contribution in [3.05, 3.63) is 103 Å². The smallest absolute Gasteiger partial charge is 0.335 e. The zero-order valence-corrected chi connectivity index (χ0v) is 25.2. The van der Waals surface area contributed by atoms with Crippen molar-refractivity contribution < 1.29 is 19.8 Å². The van der Waals surface area contributed by atoms with E-state index in [-0.39, 0.29) is 11.1 Å². The molecule has 0 aliphatic carbocycles. The highest BCUT2D eigenvalue weighted by molar-refractivity contribution is 5.91. The lowest BCUT2D eigenvalue weighted by molar-refractivity contribution is 0.0681. The third-order valence-electron chi connectivity index (χ3n) is 7.21. The third kappa shape index (κ3) is 7.59. The van der Waals surface area contributed by atoms with Crippen LogP contribution >= 0.6 is 0 Å². The number of H-pyrrole nitrogens is 4. The molecular formula is C30H38N8O4. The summed E-state index contributed by atoms with van der Waals surface area (Å²) < 4.78 is 0. The zero-order chi connectivity index (χ0) is 31.1. The summed E-state index contributed by atoms with van der Waals surface area (Å²) in [6, 6.07) is 5.02. The Balaban J connectivity index is 0.000000174. The summed E-state index contributed by atoms with van der Waals surface area (Å²) in [5.41, 5.74) is 14.2. The summed E-state index contributed by atoms with van der Waals surface area (Å²) in [5, 5.41) is 45.8. The average Bonchev–Trinajstić information content (AvgIpc) is 3.66. The van der Waals surface area contributed by atoms with Gasteiger partial charge in [0.2, 0.25) is 0 Å². The van der Waals surface area contributed by atoms with Crippen molar-refractivity contribution in [1.82, 2.24) is 40.8 Å². The van der Waals surface area contributed by atoms with Crippen LogP contribution in [0.5, 0.6) is 0 Å². The second kappa shape index (κ2) is 13.6. The summed E-state index contributed by atoms with van der Waals surface area (Å²) in [6.07, 6.45) is 1.81. The quantitative estimate of drug-likeness (QED) is 0.163. The Kier molecular flexibility index (Phi) is 10.2. The Morgan fingerprint density at radius 3 is 0.857 bits per heavy atom. The molecule has 0 aliphatic rings. The van der Waals surface area contributed by atoms with Crippen molar-refractivity contribution in [2.75, 3.05) is 0 Å². The highest BCUT2D eigenvalue weighted by Gasteiger charge is 2.13. The number of aromatic carboxylic acids is 2. The number of hydrogen-bond acceptors (Lipinski definition) is 6. The number of carbonyl (C=O) groups is 2. The fraction of sp³-hybridized carbons (Fsp3) is 0.333. The molecule has 12 heteroatoms. The maximum atomic E-state index is 10.3. The van der Waals surface area contributed by atoms with Gasteiger partial charge in [-0.2, -0.15) is 20.4 Å². The van der Waals surface area contributed by atoms with Crippen LogP contribution in [0.3, 0.4) is 0 Å². The molecular weight excluding hydrogens is 536 g/mol. The molecule has 1 aromatic carbocycles. The van der Waals surface area contributed by atoms with Gasteiger partial charge in [-0.15, -0.1) is 0 Å². The molecule has 0 spiro atoms. The van der Waals surface area contributed by atoms with Crippen LogP contribution in [-0.4, -0.2) is 62.9 Å². The Hall–Kier alpha value is -5.00. The molecule has 5 aromatic rings. The van der Waals surface area contributed by atoms with Crippen molar-refractivity contribution in [3.63, 3.8) is 0 Å². The van der Waals surface area contributed by atoms with Gasteiger partial charge < -0.3 is 10.2 Å². The molecule has 0 amide bonds. The molecule has 0 unspecified atom stereocenters. The Labute approximate surface area is 244 Å². The predicted molar refractivity (Wildman–Crippen MR) is 158 cm³/mol. The highest BCUT2D eigenvalue weighted by Crippen LogP contribution is 2.20. The van der Waals surface area contributed by atoms with Crippen molar-refractivity contribution >= 4 is 11.9 Å². The fourth-order valence-corrected chi connectivity index (χ4v) is 4.45. The summed E-state index contributed by atoms with van der Waals surface area (Å²) in [5.74, 6) is -2.13. The van der Waals surface area contributed by atoms with E-state index < -0.39 is 11.9 Å². The van der Waals surface area contributed by atoms with Gasteiger partial charge >= 0.3 is 11.9 Å². The number of hydrogen-bond donors (Lipinski definition) is 6. The van der Waals surface area contributed by atoms with Gasteiger partial charge in [0.15, 0.2) is 0 Å². The van der Waals surface area contributed by atoms with E-state index in [0.717, 1.165) is 58.4 Å². The van der Waals surface area contributed by atoms with Crippen molar-refractivity contribution in [1.29, 1.82) is 0 Å². The maximum absolute atomic E-state index is 10.3. The maximum Gasteiger partial charge on any atom is 0.335 e. The van der Waals surface area contributed by atoms with Crippen molar-refractivity contribution in [2.24, 2.45) is 0 Å². The van der Waals surface area contributed by atoms with Gasteiger partial charge in [-0.3, -0.25) is 20.4 Å². The number of carboxylic acids is 2. The third-order valence-corrected chi connectivity index (χ3v) is 7.21. The minimum Gasteiger partial charge on any atom is -0.478 e. The molecule has 12 nitrogen and oxygen atoms in total. The molecule has 6 N–H and O–H groups in total. The number of aromatic nitrogens is 8. The fourth-order valence-electron chi connectivity index (χ4n) is 4.45. The Morgan fingerprint density at radius 1 is 0.500 bits per heavy atom. The minimum atomic E-state index is -1.06. The van der Waals surface area contributed by atoms with E-state index >= 15 is 0 Å². The molecule has 4 heterocycles. The number of aryl methyl sites for hydroxylation is 8. The van der Waals surface area contributed by atoms with Crippen LogP contribution in [-0.2, 0) is 12.8 Å². The van der Waals surface area contributed by atoms with Crippen LogP contribution < -0.4 is 0 Å². The summed E-state index contributed by atoms with van der Waals surface area (Å²) in [4.78, 5) is 20.7. The van der Waals surface area contributed by atoms with Crippen LogP contribution in [0.2, 0.25) is 0 Å². The van der Waals surface area contributed by atoms with Crippen LogP contribution in [0.4, 0.5) is 0 Å². The van der Waals surface area contributed by atoms with E-state index in [4.69, 9.17) is 10.2 Å². The lowest BCUT2D eigenvalue weighted by atomic mass is 10.0. The standard InChI is InChI=1S/2C11H16N4.C8H6O4/c2*1-6-10(7(2)13-12-6)5-11-8(3)14-15-9(11)4;9-7(10)5-1-2-6(4-3-5)8(11)12/h2*5H2,1-4H3,(H,12,13)(H,14,15);1-4H,(H,9,10)(H,11,12). The van der Waals surface area contributed by atoms with Gasteiger partial charge in [-0.1, -0.05) is 0 Å². The molecule has 0 saturated heterocycles. The molecule has 42 heavy (non-hydrogen) atoms. The van der Waals surface area contributed by atoms with Gasteiger partial charge in [0, 0.05) is 57.9 Å².